The van der Waals surface area contributed by atoms with Gasteiger partial charge < -0.3 is 0 Å². The molecule has 0 aliphatic carbocycles. The van der Waals surface area contributed by atoms with Crippen LogP contribution in [0, 0.1) is 6.92 Å². The molecule has 1 aromatic heterocycles. The van der Waals surface area contributed by atoms with Crippen molar-refractivity contribution in [2.45, 2.75) is 13.8 Å². The van der Waals surface area contributed by atoms with Gasteiger partial charge in [0.15, 0.2) is 0 Å². The fraction of sp³-hybridized carbons (Fsp3) is 0.222. The fourth-order valence-corrected chi connectivity index (χ4v) is 1.78. The second-order valence-electron chi connectivity index (χ2n) is 2.19. The number of aryl methyl sites for hydroxylation is 1. The number of allylic oxidation sites excluding steroid dienone is 1. The third-order valence-electron chi connectivity index (χ3n) is 1.30. The first-order chi connectivity index (χ1) is 5.27. The van der Waals surface area contributed by atoms with Crippen molar-refractivity contribution in [2.75, 3.05) is 0 Å². The maximum absolute atomic E-state index is 4.30. The Balaban J connectivity index is 3.11. The van der Waals surface area contributed by atoms with Crippen LogP contribution in [-0.2, 0) is 0 Å². The summed E-state index contributed by atoms with van der Waals surface area (Å²) in [6.45, 7) is 7.70. The van der Waals surface area contributed by atoms with Gasteiger partial charge in [0.05, 0.1) is 15.6 Å². The number of rotatable bonds is 2. The first-order valence-electron chi connectivity index (χ1n) is 3.50. The predicted octanol–water partition coefficient (Wildman–Crippen LogP) is 3.13. The van der Waals surface area contributed by atoms with Crippen LogP contribution in [0.3, 0.4) is 0 Å². The minimum atomic E-state index is 0.991. The van der Waals surface area contributed by atoms with Crippen LogP contribution >= 0.6 is 11.3 Å². The Morgan fingerprint density at radius 3 is 2.82 bits per heavy atom. The summed E-state index contributed by atoms with van der Waals surface area (Å²) >= 11 is 1.69. The number of nitrogens with zero attached hydrogens (tertiary/aromatic N) is 1. The molecule has 0 saturated carbocycles. The summed E-state index contributed by atoms with van der Waals surface area (Å²) in [4.78, 5) is 5.49. The minimum absolute atomic E-state index is 0.991. The van der Waals surface area contributed by atoms with Crippen LogP contribution < -0.4 is 0 Å². The summed E-state index contributed by atoms with van der Waals surface area (Å²) in [7, 11) is 0. The zero-order valence-corrected chi connectivity index (χ0v) is 7.61. The molecule has 58 valence electrons. The largest absolute Gasteiger partial charge is 0.242 e. The van der Waals surface area contributed by atoms with E-state index in [1.807, 2.05) is 19.9 Å². The summed E-state index contributed by atoms with van der Waals surface area (Å²) in [6.07, 6.45) is 5.86. The molecule has 0 aromatic carbocycles. The first kappa shape index (κ1) is 8.21. The van der Waals surface area contributed by atoms with E-state index >= 15 is 0 Å². The van der Waals surface area contributed by atoms with E-state index in [9.17, 15) is 0 Å². The van der Waals surface area contributed by atoms with Crippen molar-refractivity contribution in [3.05, 3.63) is 28.2 Å². The third-order valence-corrected chi connectivity index (χ3v) is 2.25. The molecular formula is C9H11NS. The predicted molar refractivity (Wildman–Crippen MR) is 51.7 cm³/mol. The molecule has 1 aromatic rings. The summed E-state index contributed by atoms with van der Waals surface area (Å²) in [5.74, 6) is 0. The van der Waals surface area contributed by atoms with E-state index in [4.69, 9.17) is 0 Å². The smallest absolute Gasteiger partial charge is 0.0907 e. The van der Waals surface area contributed by atoms with Gasteiger partial charge in [-0.3, -0.25) is 0 Å². The highest BCUT2D eigenvalue weighted by molar-refractivity contribution is 7.12. The van der Waals surface area contributed by atoms with Crippen LogP contribution in [-0.4, -0.2) is 4.98 Å². The van der Waals surface area contributed by atoms with E-state index in [-0.39, 0.29) is 0 Å². The maximum Gasteiger partial charge on any atom is 0.0907 e. The number of thiazole rings is 1. The molecule has 1 heterocycles. The van der Waals surface area contributed by atoms with E-state index in [0.717, 1.165) is 10.7 Å². The molecule has 2 heteroatoms. The van der Waals surface area contributed by atoms with Crippen LogP contribution in [0.25, 0.3) is 12.2 Å². The van der Waals surface area contributed by atoms with Crippen molar-refractivity contribution in [1.82, 2.24) is 4.98 Å². The molecule has 0 atom stereocenters. The van der Waals surface area contributed by atoms with Gasteiger partial charge in [-0.15, -0.1) is 11.3 Å². The van der Waals surface area contributed by atoms with Gasteiger partial charge in [-0.1, -0.05) is 12.7 Å². The maximum atomic E-state index is 4.30. The molecule has 0 spiro atoms. The molecule has 0 N–H and O–H groups in total. The normalized spacial score (nSPS) is 10.7. The molecule has 0 amide bonds. The van der Waals surface area contributed by atoms with Gasteiger partial charge in [-0.05, 0) is 26.0 Å². The van der Waals surface area contributed by atoms with E-state index in [0.29, 0.717) is 0 Å². The van der Waals surface area contributed by atoms with Gasteiger partial charge in [-0.25, -0.2) is 4.98 Å². The van der Waals surface area contributed by atoms with E-state index < -0.39 is 0 Å². The van der Waals surface area contributed by atoms with Crippen molar-refractivity contribution in [1.29, 1.82) is 0 Å². The Morgan fingerprint density at radius 1 is 1.55 bits per heavy atom. The summed E-state index contributed by atoms with van der Waals surface area (Å²) in [5, 5.41) is 1.09. The highest BCUT2D eigenvalue weighted by Crippen LogP contribution is 2.20. The van der Waals surface area contributed by atoms with E-state index in [1.165, 1.54) is 4.88 Å². The van der Waals surface area contributed by atoms with E-state index in [1.54, 1.807) is 17.4 Å². The molecule has 0 saturated heterocycles. The minimum Gasteiger partial charge on any atom is -0.242 e. The van der Waals surface area contributed by atoms with Crippen molar-refractivity contribution in [3.63, 3.8) is 0 Å². The lowest BCUT2D eigenvalue weighted by molar-refractivity contribution is 1.27. The molecule has 0 bridgehead atoms. The average molecular weight is 165 g/mol. The first-order valence-corrected chi connectivity index (χ1v) is 4.32. The Kier molecular flexibility index (Phi) is 2.60. The average Bonchev–Trinajstić information content (AvgIpc) is 2.32. The second kappa shape index (κ2) is 3.49. The van der Waals surface area contributed by atoms with Crippen molar-refractivity contribution < 1.29 is 0 Å². The molecule has 0 fully saturated rings. The number of hydrogen-bond donors (Lipinski definition) is 0. The molecule has 0 unspecified atom stereocenters. The van der Waals surface area contributed by atoms with Crippen molar-refractivity contribution >= 4 is 23.5 Å². The Hall–Kier alpha value is -0.890. The van der Waals surface area contributed by atoms with Crippen LogP contribution in [0.1, 0.15) is 22.5 Å². The van der Waals surface area contributed by atoms with Crippen molar-refractivity contribution in [2.24, 2.45) is 0 Å². The zero-order valence-electron chi connectivity index (χ0n) is 6.79. The fourth-order valence-electron chi connectivity index (χ4n) is 0.876. The van der Waals surface area contributed by atoms with Gasteiger partial charge in [-0.2, -0.15) is 0 Å². The molecule has 1 nitrogen and oxygen atoms in total. The van der Waals surface area contributed by atoms with E-state index in [2.05, 4.69) is 17.6 Å². The molecule has 0 aliphatic rings. The molecule has 1 rings (SSSR count). The quantitative estimate of drug-likeness (QED) is 0.656. The van der Waals surface area contributed by atoms with Crippen LogP contribution in [0.2, 0.25) is 0 Å². The van der Waals surface area contributed by atoms with Gasteiger partial charge in [0.25, 0.3) is 0 Å². The molecule has 0 radical (unpaired) electrons. The Morgan fingerprint density at radius 2 is 2.27 bits per heavy atom. The summed E-state index contributed by atoms with van der Waals surface area (Å²) < 4.78 is 0. The van der Waals surface area contributed by atoms with Crippen LogP contribution in [0.4, 0.5) is 0 Å². The number of aromatic nitrogens is 1. The Bertz CT molecular complexity index is 284. The highest BCUT2D eigenvalue weighted by atomic mass is 32.1. The number of hydrogen-bond acceptors (Lipinski definition) is 2. The Labute approximate surface area is 71.1 Å². The van der Waals surface area contributed by atoms with Crippen molar-refractivity contribution in [3.8, 4) is 0 Å². The van der Waals surface area contributed by atoms with Gasteiger partial charge in [0.2, 0.25) is 0 Å². The third kappa shape index (κ3) is 1.77. The summed E-state index contributed by atoms with van der Waals surface area (Å²) in [6, 6.07) is 0. The molecule has 11 heavy (non-hydrogen) atoms. The molecular weight excluding hydrogens is 154 g/mol. The zero-order chi connectivity index (χ0) is 8.27. The van der Waals surface area contributed by atoms with Crippen LogP contribution in [0.15, 0.2) is 12.7 Å². The summed E-state index contributed by atoms with van der Waals surface area (Å²) in [5.41, 5.74) is 0.991. The monoisotopic (exact) mass is 165 g/mol. The standard InChI is InChI=1S/C9H11NS/c1-4-6-9-8(5-2)10-7(3)11-9/h4-6H,2H2,1,3H3/b6-4-. The SMILES string of the molecule is C=Cc1nc(C)sc1/C=C\C. The lowest BCUT2D eigenvalue weighted by atomic mass is 10.3. The highest BCUT2D eigenvalue weighted by Gasteiger charge is 2.00. The van der Waals surface area contributed by atoms with Crippen LogP contribution in [0.5, 0.6) is 0 Å². The van der Waals surface area contributed by atoms with Gasteiger partial charge in [0, 0.05) is 0 Å². The van der Waals surface area contributed by atoms with Gasteiger partial charge >= 0.3 is 0 Å². The van der Waals surface area contributed by atoms with Gasteiger partial charge in [0.1, 0.15) is 0 Å². The topological polar surface area (TPSA) is 12.9 Å². The lowest BCUT2D eigenvalue weighted by Gasteiger charge is -1.84. The second-order valence-corrected chi connectivity index (χ2v) is 3.42. The lowest BCUT2D eigenvalue weighted by Crippen LogP contribution is -1.73. The molecule has 0 aliphatic heterocycles.